The lowest BCUT2D eigenvalue weighted by Gasteiger charge is -2.42. The highest BCUT2D eigenvalue weighted by Gasteiger charge is 2.37. The fourth-order valence-corrected chi connectivity index (χ4v) is 6.87. The summed E-state index contributed by atoms with van der Waals surface area (Å²) in [6.07, 6.45) is 0. The average molecular weight is 282 g/mol. The largest absolute Gasteiger partial charge is 0.493 e. The maximum Gasteiger partial charge on any atom is 0.168 e. The fraction of sp³-hybridized carbons (Fsp3) is 0.625. The Morgan fingerprint density at radius 2 is 1.37 bits per heavy atom. The molecule has 0 saturated carbocycles. The molecule has 1 aromatic carbocycles. The molecule has 0 bridgehead atoms. The van der Waals surface area contributed by atoms with Crippen molar-refractivity contribution in [3.8, 4) is 11.5 Å². The van der Waals surface area contributed by atoms with Crippen molar-refractivity contribution in [2.75, 3.05) is 14.2 Å². The smallest absolute Gasteiger partial charge is 0.168 e. The minimum atomic E-state index is -0.391. The van der Waals surface area contributed by atoms with E-state index in [1.807, 2.05) is 6.07 Å². The third-order valence-corrected chi connectivity index (χ3v) is 6.48. The predicted molar refractivity (Wildman–Crippen MR) is 85.6 cm³/mol. The van der Waals surface area contributed by atoms with Gasteiger partial charge in [-0.25, -0.2) is 0 Å². The van der Waals surface area contributed by atoms with Gasteiger partial charge in [0.05, 0.1) is 14.2 Å². The summed E-state index contributed by atoms with van der Waals surface area (Å²) in [6, 6.07) is 6.20. The zero-order valence-corrected chi connectivity index (χ0v) is 14.4. The summed E-state index contributed by atoms with van der Waals surface area (Å²) in [7, 11) is 3.02. The summed E-state index contributed by atoms with van der Waals surface area (Å²) < 4.78 is 11.1. The minimum Gasteiger partial charge on any atom is -0.493 e. The Balaban J connectivity index is 3.48. The van der Waals surface area contributed by atoms with E-state index in [2.05, 4.69) is 53.7 Å². The maximum atomic E-state index is 5.63. The van der Waals surface area contributed by atoms with Gasteiger partial charge in [-0.05, 0) is 16.4 Å². The molecule has 0 aromatic heterocycles. The van der Waals surface area contributed by atoms with Crippen molar-refractivity contribution in [2.24, 2.45) is 0 Å². The van der Waals surface area contributed by atoms with Gasteiger partial charge in [0.25, 0.3) is 0 Å². The average Bonchev–Trinajstić information content (AvgIpc) is 2.24. The Hall–Kier alpha value is -0.750. The number of para-hydroxylation sites is 1. The molecule has 0 atom stereocenters. The van der Waals surface area contributed by atoms with Crippen LogP contribution in [0, 0.1) is 0 Å². The zero-order valence-electron chi connectivity index (χ0n) is 13.5. The summed E-state index contributed by atoms with van der Waals surface area (Å²) in [4.78, 5) is 0. The molecular formula is C16H27O2P. The van der Waals surface area contributed by atoms with Crippen molar-refractivity contribution < 1.29 is 9.47 Å². The number of benzene rings is 1. The molecule has 0 aliphatic carbocycles. The van der Waals surface area contributed by atoms with Crippen molar-refractivity contribution >= 4 is 13.2 Å². The molecule has 1 rings (SSSR count). The molecule has 0 N–H and O–H groups in total. The van der Waals surface area contributed by atoms with Crippen LogP contribution < -0.4 is 14.8 Å². The van der Waals surface area contributed by atoms with E-state index in [9.17, 15) is 0 Å². The summed E-state index contributed by atoms with van der Waals surface area (Å²) in [5.74, 6) is 1.71. The Labute approximate surface area is 119 Å². The molecule has 0 heterocycles. The fourth-order valence-electron chi connectivity index (χ4n) is 2.78. The number of rotatable bonds is 3. The normalized spacial score (nSPS) is 12.7. The van der Waals surface area contributed by atoms with Crippen LogP contribution in [0.5, 0.6) is 11.5 Å². The Kier molecular flexibility index (Phi) is 4.90. The number of methoxy groups -OCH3 is 2. The van der Waals surface area contributed by atoms with Crippen molar-refractivity contribution in [3.63, 3.8) is 0 Å². The molecule has 0 spiro atoms. The molecule has 0 unspecified atom stereocenters. The van der Waals surface area contributed by atoms with E-state index in [1.165, 1.54) is 5.30 Å². The predicted octanol–water partition coefficient (Wildman–Crippen LogP) is 4.41. The van der Waals surface area contributed by atoms with Gasteiger partial charge in [0.1, 0.15) is 0 Å². The van der Waals surface area contributed by atoms with Crippen molar-refractivity contribution in [1.29, 1.82) is 0 Å². The monoisotopic (exact) mass is 282 g/mol. The summed E-state index contributed by atoms with van der Waals surface area (Å²) >= 11 is 0. The minimum absolute atomic E-state index is 0.216. The van der Waals surface area contributed by atoms with Crippen LogP contribution in [0.2, 0.25) is 0 Å². The number of hydrogen-bond acceptors (Lipinski definition) is 2. The lowest BCUT2D eigenvalue weighted by molar-refractivity contribution is 0.357. The topological polar surface area (TPSA) is 18.5 Å². The van der Waals surface area contributed by atoms with Crippen LogP contribution in [-0.4, -0.2) is 24.5 Å². The first-order valence-corrected chi connectivity index (χ1v) is 7.98. The highest BCUT2D eigenvalue weighted by molar-refractivity contribution is 7.68. The Bertz CT molecular complexity index is 413. The molecule has 0 saturated heterocycles. The highest BCUT2D eigenvalue weighted by atomic mass is 31.1. The molecule has 108 valence electrons. The number of ether oxygens (including phenoxy) is 2. The van der Waals surface area contributed by atoms with E-state index < -0.39 is 7.92 Å². The van der Waals surface area contributed by atoms with E-state index in [4.69, 9.17) is 9.47 Å². The molecule has 0 aliphatic rings. The van der Waals surface area contributed by atoms with Crippen LogP contribution in [-0.2, 0) is 0 Å². The van der Waals surface area contributed by atoms with Crippen molar-refractivity contribution in [2.45, 2.75) is 51.9 Å². The van der Waals surface area contributed by atoms with Crippen LogP contribution in [0.3, 0.4) is 0 Å². The van der Waals surface area contributed by atoms with E-state index in [0.717, 1.165) is 11.5 Å². The second-order valence-electron chi connectivity index (χ2n) is 6.69. The van der Waals surface area contributed by atoms with Crippen molar-refractivity contribution in [3.05, 3.63) is 18.2 Å². The first kappa shape index (κ1) is 16.3. The van der Waals surface area contributed by atoms with Crippen molar-refractivity contribution in [1.82, 2.24) is 0 Å². The van der Waals surface area contributed by atoms with Crippen LogP contribution >= 0.6 is 7.92 Å². The highest BCUT2D eigenvalue weighted by Crippen LogP contribution is 2.60. The van der Waals surface area contributed by atoms with Crippen LogP contribution in [0.25, 0.3) is 0 Å². The molecule has 1 aromatic rings. The zero-order chi connectivity index (χ0) is 14.8. The van der Waals surface area contributed by atoms with E-state index in [1.54, 1.807) is 14.2 Å². The van der Waals surface area contributed by atoms with Crippen LogP contribution in [0.1, 0.15) is 41.5 Å². The summed E-state index contributed by atoms with van der Waals surface area (Å²) in [5, 5.41) is 1.72. The molecule has 2 nitrogen and oxygen atoms in total. The molecule has 0 fully saturated rings. The van der Waals surface area contributed by atoms with E-state index in [-0.39, 0.29) is 10.3 Å². The second-order valence-corrected chi connectivity index (χ2v) is 10.5. The van der Waals surface area contributed by atoms with E-state index >= 15 is 0 Å². The maximum absolute atomic E-state index is 5.63. The Morgan fingerprint density at radius 3 is 1.74 bits per heavy atom. The lowest BCUT2D eigenvalue weighted by atomic mass is 10.2. The van der Waals surface area contributed by atoms with Gasteiger partial charge in [-0.2, -0.15) is 0 Å². The van der Waals surface area contributed by atoms with Gasteiger partial charge in [-0.1, -0.05) is 61.6 Å². The van der Waals surface area contributed by atoms with Gasteiger partial charge < -0.3 is 9.47 Å². The van der Waals surface area contributed by atoms with Gasteiger partial charge in [-0.15, -0.1) is 0 Å². The summed E-state index contributed by atoms with van der Waals surface area (Å²) in [6.45, 7) is 13.9. The van der Waals surface area contributed by atoms with Gasteiger partial charge in [0.2, 0.25) is 0 Å². The van der Waals surface area contributed by atoms with Crippen LogP contribution in [0.4, 0.5) is 0 Å². The SMILES string of the molecule is COc1cccc(P(C(C)(C)C)C(C)(C)C)c1OC. The molecule has 19 heavy (non-hydrogen) atoms. The molecule has 3 heteroatoms. The molecular weight excluding hydrogens is 255 g/mol. The molecule has 0 amide bonds. The summed E-state index contributed by atoms with van der Waals surface area (Å²) in [5.41, 5.74) is 0. The van der Waals surface area contributed by atoms with Gasteiger partial charge in [0, 0.05) is 5.30 Å². The third kappa shape index (κ3) is 3.63. The molecule has 0 aliphatic heterocycles. The lowest BCUT2D eigenvalue weighted by Crippen LogP contribution is -2.31. The first-order chi connectivity index (χ1) is 8.62. The van der Waals surface area contributed by atoms with Crippen LogP contribution in [0.15, 0.2) is 18.2 Å². The standard InChI is InChI=1S/C16H27O2P/c1-15(2,3)19(16(4,5)6)13-11-9-10-12(17-7)14(13)18-8/h9-11H,1-8H3. The molecule has 0 radical (unpaired) electrons. The number of hydrogen-bond donors (Lipinski definition) is 0. The van der Waals surface area contributed by atoms with Gasteiger partial charge >= 0.3 is 0 Å². The van der Waals surface area contributed by atoms with Gasteiger partial charge in [-0.3, -0.25) is 0 Å². The second kappa shape index (κ2) is 5.71. The third-order valence-electron chi connectivity index (χ3n) is 2.96. The first-order valence-electron chi connectivity index (χ1n) is 6.64. The van der Waals surface area contributed by atoms with E-state index in [0.29, 0.717) is 0 Å². The quantitative estimate of drug-likeness (QED) is 0.765. The van der Waals surface area contributed by atoms with Gasteiger partial charge in [0.15, 0.2) is 11.5 Å². The Morgan fingerprint density at radius 1 is 0.842 bits per heavy atom.